The van der Waals surface area contributed by atoms with E-state index in [1.807, 2.05) is 16.8 Å². The molecule has 0 unspecified atom stereocenters. The Morgan fingerprint density at radius 3 is 2.68 bits per heavy atom. The predicted octanol–water partition coefficient (Wildman–Crippen LogP) is 1.92. The van der Waals surface area contributed by atoms with Crippen molar-refractivity contribution in [3.05, 3.63) is 40.6 Å². The lowest BCUT2D eigenvalue weighted by Crippen LogP contribution is -2.29. The van der Waals surface area contributed by atoms with Crippen LogP contribution in [0.25, 0.3) is 0 Å². The summed E-state index contributed by atoms with van der Waals surface area (Å²) in [5, 5.41) is 13.7. The molecule has 2 atom stereocenters. The number of hydrogen-bond acceptors (Lipinski definition) is 6. The van der Waals surface area contributed by atoms with Crippen molar-refractivity contribution in [3.63, 3.8) is 0 Å². The van der Waals surface area contributed by atoms with Gasteiger partial charge in [0.2, 0.25) is 10.0 Å². The highest BCUT2D eigenvalue weighted by molar-refractivity contribution is 7.89. The molecule has 1 aromatic carbocycles. The van der Waals surface area contributed by atoms with Crippen molar-refractivity contribution in [2.75, 3.05) is 32.9 Å². The molecule has 0 bridgehead atoms. The first-order chi connectivity index (χ1) is 12.1. The molecule has 8 heteroatoms. The summed E-state index contributed by atoms with van der Waals surface area (Å²) in [6, 6.07) is 6.71. The molecule has 0 radical (unpaired) electrons. The first-order valence-corrected chi connectivity index (χ1v) is 10.5. The lowest BCUT2D eigenvalue weighted by atomic mass is 9.92. The maximum Gasteiger partial charge on any atom is 0.243 e. The van der Waals surface area contributed by atoms with Crippen LogP contribution in [0.2, 0.25) is 0 Å². The molecule has 2 aliphatic rings. The fourth-order valence-electron chi connectivity index (χ4n) is 3.41. The number of ether oxygens (including phenoxy) is 2. The van der Waals surface area contributed by atoms with Gasteiger partial charge in [0.25, 0.3) is 0 Å². The fraction of sp³-hybridized carbons (Fsp3) is 0.412. The fourth-order valence-corrected chi connectivity index (χ4v) is 5.67. The van der Waals surface area contributed by atoms with Gasteiger partial charge in [-0.1, -0.05) is 0 Å². The van der Waals surface area contributed by atoms with Gasteiger partial charge in [-0.25, -0.2) is 8.42 Å². The SMILES string of the molecule is O=S(=O)(c1ccc2c(c1)OCCO2)N1C[C@H](CO)[C@@H](c2ccsc2)C1. The number of thiophene rings is 1. The number of hydrogen-bond donors (Lipinski definition) is 1. The molecule has 134 valence electrons. The number of fused-ring (bicyclic) bond motifs is 1. The van der Waals surface area contributed by atoms with E-state index in [2.05, 4.69) is 0 Å². The van der Waals surface area contributed by atoms with Crippen molar-refractivity contribution in [3.8, 4) is 11.5 Å². The Morgan fingerprint density at radius 1 is 1.16 bits per heavy atom. The number of sulfonamides is 1. The van der Waals surface area contributed by atoms with E-state index in [-0.39, 0.29) is 23.3 Å². The van der Waals surface area contributed by atoms with Crippen molar-refractivity contribution >= 4 is 21.4 Å². The molecule has 6 nitrogen and oxygen atoms in total. The van der Waals surface area contributed by atoms with E-state index in [0.717, 1.165) is 5.56 Å². The van der Waals surface area contributed by atoms with E-state index in [4.69, 9.17) is 9.47 Å². The lowest BCUT2D eigenvalue weighted by molar-refractivity contribution is 0.171. The van der Waals surface area contributed by atoms with Crippen molar-refractivity contribution in [2.24, 2.45) is 5.92 Å². The van der Waals surface area contributed by atoms with Crippen LogP contribution in [0.15, 0.2) is 39.9 Å². The van der Waals surface area contributed by atoms with Gasteiger partial charge in [0.15, 0.2) is 11.5 Å². The number of aliphatic hydroxyl groups is 1. The Morgan fingerprint density at radius 2 is 1.96 bits per heavy atom. The summed E-state index contributed by atoms with van der Waals surface area (Å²) in [4.78, 5) is 0.194. The molecule has 0 saturated carbocycles. The smallest absolute Gasteiger partial charge is 0.243 e. The number of benzene rings is 1. The van der Waals surface area contributed by atoms with Crippen molar-refractivity contribution in [2.45, 2.75) is 10.8 Å². The third-order valence-corrected chi connectivity index (χ3v) is 7.29. The van der Waals surface area contributed by atoms with Gasteiger partial charge in [0.05, 0.1) is 4.90 Å². The lowest BCUT2D eigenvalue weighted by Gasteiger charge is -2.21. The first-order valence-electron chi connectivity index (χ1n) is 8.12. The van der Waals surface area contributed by atoms with Crippen LogP contribution in [0.3, 0.4) is 0 Å². The zero-order valence-electron chi connectivity index (χ0n) is 13.5. The molecule has 25 heavy (non-hydrogen) atoms. The van der Waals surface area contributed by atoms with Crippen LogP contribution in [0.4, 0.5) is 0 Å². The third kappa shape index (κ3) is 3.03. The van der Waals surface area contributed by atoms with Crippen molar-refractivity contribution in [1.82, 2.24) is 4.31 Å². The molecule has 1 fully saturated rings. The Labute approximate surface area is 150 Å². The molecule has 2 aliphatic heterocycles. The largest absolute Gasteiger partial charge is 0.486 e. The minimum absolute atomic E-state index is 0.0169. The summed E-state index contributed by atoms with van der Waals surface area (Å²) in [6.07, 6.45) is 0. The number of nitrogens with zero attached hydrogens (tertiary/aromatic N) is 1. The van der Waals surface area contributed by atoms with Gasteiger partial charge in [-0.2, -0.15) is 15.6 Å². The highest BCUT2D eigenvalue weighted by atomic mass is 32.2. The number of rotatable bonds is 4. The molecule has 0 spiro atoms. The molecule has 1 aromatic heterocycles. The second kappa shape index (κ2) is 6.60. The van der Waals surface area contributed by atoms with Gasteiger partial charge in [0, 0.05) is 37.6 Å². The Kier molecular flexibility index (Phi) is 4.45. The Hall–Kier alpha value is -1.61. The average molecular weight is 381 g/mol. The van der Waals surface area contributed by atoms with Gasteiger partial charge in [-0.05, 0) is 34.5 Å². The van der Waals surface area contributed by atoms with Gasteiger partial charge < -0.3 is 14.6 Å². The minimum Gasteiger partial charge on any atom is -0.486 e. The van der Waals surface area contributed by atoms with Crippen molar-refractivity contribution in [1.29, 1.82) is 0 Å². The first kappa shape index (κ1) is 16.8. The zero-order valence-corrected chi connectivity index (χ0v) is 15.1. The van der Waals surface area contributed by atoms with Gasteiger partial charge >= 0.3 is 0 Å². The van der Waals surface area contributed by atoms with Crippen LogP contribution in [-0.2, 0) is 10.0 Å². The normalized spacial score (nSPS) is 23.7. The van der Waals surface area contributed by atoms with E-state index in [1.165, 1.54) is 10.4 Å². The molecule has 2 aromatic rings. The predicted molar refractivity (Wildman–Crippen MR) is 93.8 cm³/mol. The molecule has 1 saturated heterocycles. The van der Waals surface area contributed by atoms with Crippen LogP contribution < -0.4 is 9.47 Å². The molecule has 0 aliphatic carbocycles. The molecule has 1 N–H and O–H groups in total. The van der Waals surface area contributed by atoms with Crippen LogP contribution in [0, 0.1) is 5.92 Å². The van der Waals surface area contributed by atoms with E-state index in [1.54, 1.807) is 23.5 Å². The zero-order chi connectivity index (χ0) is 17.4. The second-order valence-electron chi connectivity index (χ2n) is 6.23. The van der Waals surface area contributed by atoms with Crippen molar-refractivity contribution < 1.29 is 23.0 Å². The number of aliphatic hydroxyl groups excluding tert-OH is 1. The standard InChI is InChI=1S/C17H19NO5S2/c19-10-13-8-18(9-15(13)12-3-6-24-11-12)25(20,21)14-1-2-16-17(7-14)23-5-4-22-16/h1-3,6-7,11,13,15,19H,4-5,8-10H2/t13-,15-/m1/s1. The molecule has 3 heterocycles. The van der Waals surface area contributed by atoms with E-state index >= 15 is 0 Å². The Bertz CT molecular complexity index is 850. The minimum atomic E-state index is -3.65. The molecule has 0 amide bonds. The van der Waals surface area contributed by atoms with Gasteiger partial charge in [-0.3, -0.25) is 0 Å². The van der Waals surface area contributed by atoms with Gasteiger partial charge in [-0.15, -0.1) is 0 Å². The van der Waals surface area contributed by atoms with Crippen LogP contribution in [0.1, 0.15) is 11.5 Å². The highest BCUT2D eigenvalue weighted by Crippen LogP contribution is 2.38. The van der Waals surface area contributed by atoms with E-state index in [9.17, 15) is 13.5 Å². The Balaban J connectivity index is 1.62. The maximum absolute atomic E-state index is 13.0. The summed E-state index contributed by atoms with van der Waals surface area (Å²) in [5.41, 5.74) is 1.09. The molecule has 4 rings (SSSR count). The van der Waals surface area contributed by atoms with E-state index in [0.29, 0.717) is 37.8 Å². The monoisotopic (exact) mass is 381 g/mol. The second-order valence-corrected chi connectivity index (χ2v) is 8.95. The highest BCUT2D eigenvalue weighted by Gasteiger charge is 2.40. The quantitative estimate of drug-likeness (QED) is 0.876. The van der Waals surface area contributed by atoms with Crippen LogP contribution in [0.5, 0.6) is 11.5 Å². The third-order valence-electron chi connectivity index (χ3n) is 4.76. The average Bonchev–Trinajstić information content (AvgIpc) is 3.30. The van der Waals surface area contributed by atoms with Gasteiger partial charge in [0.1, 0.15) is 13.2 Å². The summed E-state index contributed by atoms with van der Waals surface area (Å²) >= 11 is 1.58. The maximum atomic E-state index is 13.0. The van der Waals surface area contributed by atoms with Crippen LogP contribution >= 0.6 is 11.3 Å². The molecular weight excluding hydrogens is 362 g/mol. The summed E-state index contributed by atoms with van der Waals surface area (Å²) in [5.74, 6) is 0.945. The summed E-state index contributed by atoms with van der Waals surface area (Å²) in [6.45, 7) is 1.53. The molecular formula is C17H19NO5S2. The summed E-state index contributed by atoms with van der Waals surface area (Å²) < 4.78 is 38.5. The van der Waals surface area contributed by atoms with E-state index < -0.39 is 10.0 Å². The summed E-state index contributed by atoms with van der Waals surface area (Å²) in [7, 11) is -3.65. The topological polar surface area (TPSA) is 76.1 Å². The van der Waals surface area contributed by atoms with Crippen LogP contribution in [-0.4, -0.2) is 50.7 Å².